The first-order valence-corrected chi connectivity index (χ1v) is 8.43. The van der Waals surface area contributed by atoms with Crippen molar-refractivity contribution < 1.29 is 18.0 Å². The van der Waals surface area contributed by atoms with Crippen molar-refractivity contribution in [1.29, 1.82) is 0 Å². The van der Waals surface area contributed by atoms with Gasteiger partial charge in [-0.1, -0.05) is 35.1 Å². The van der Waals surface area contributed by atoms with Gasteiger partial charge in [0.1, 0.15) is 10.2 Å². The predicted octanol–water partition coefficient (Wildman–Crippen LogP) is 4.45. The van der Waals surface area contributed by atoms with Gasteiger partial charge in [-0.2, -0.15) is 13.2 Å². The Morgan fingerprint density at radius 2 is 1.88 bits per heavy atom. The molecule has 0 fully saturated rings. The van der Waals surface area contributed by atoms with E-state index in [0.29, 0.717) is 17.0 Å². The van der Waals surface area contributed by atoms with Crippen molar-refractivity contribution in [3.05, 3.63) is 69.4 Å². The number of anilines is 1. The molecule has 0 aliphatic rings. The highest BCUT2D eigenvalue weighted by atomic mass is 35.5. The Balaban J connectivity index is 1.67. The van der Waals surface area contributed by atoms with Gasteiger partial charge in [-0.05, 0) is 29.8 Å². The Kier molecular flexibility index (Phi) is 5.19. The minimum Gasteiger partial charge on any atom is -0.296 e. The van der Waals surface area contributed by atoms with Gasteiger partial charge in [-0.3, -0.25) is 10.1 Å². The number of benzene rings is 1. The zero-order chi connectivity index (χ0) is 18.7. The molecule has 0 atom stereocenters. The van der Waals surface area contributed by atoms with Gasteiger partial charge >= 0.3 is 6.18 Å². The van der Waals surface area contributed by atoms with Crippen LogP contribution in [0.25, 0.3) is 0 Å². The third kappa shape index (κ3) is 4.36. The Labute approximate surface area is 154 Å². The number of aromatic nitrogens is 3. The molecule has 1 amide bonds. The summed E-state index contributed by atoms with van der Waals surface area (Å²) < 4.78 is 37.7. The number of nitrogens with zero attached hydrogens (tertiary/aromatic N) is 3. The third-order valence-corrected chi connectivity index (χ3v) is 4.47. The van der Waals surface area contributed by atoms with Crippen LogP contribution in [0.5, 0.6) is 0 Å². The summed E-state index contributed by atoms with van der Waals surface area (Å²) in [7, 11) is 0. The van der Waals surface area contributed by atoms with E-state index in [4.69, 9.17) is 11.6 Å². The molecule has 0 spiro atoms. The van der Waals surface area contributed by atoms with Gasteiger partial charge in [-0.15, -0.1) is 10.2 Å². The fraction of sp³-hybridized carbons (Fsp3) is 0.125. The minimum absolute atomic E-state index is 0.0690. The number of carbonyl (C=O) groups excluding carboxylic acids is 1. The van der Waals surface area contributed by atoms with Gasteiger partial charge in [0.15, 0.2) is 0 Å². The maximum atomic E-state index is 12.6. The van der Waals surface area contributed by atoms with Crippen molar-refractivity contribution in [2.24, 2.45) is 0 Å². The van der Waals surface area contributed by atoms with Crippen LogP contribution >= 0.6 is 22.9 Å². The zero-order valence-electron chi connectivity index (χ0n) is 12.9. The van der Waals surface area contributed by atoms with Crippen molar-refractivity contribution in [1.82, 2.24) is 15.2 Å². The van der Waals surface area contributed by atoms with Gasteiger partial charge < -0.3 is 0 Å². The van der Waals surface area contributed by atoms with Crippen LogP contribution in [0.1, 0.15) is 26.5 Å². The van der Waals surface area contributed by atoms with E-state index in [-0.39, 0.29) is 15.8 Å². The molecule has 2 heterocycles. The molecule has 10 heteroatoms. The number of hydrogen-bond donors (Lipinski definition) is 1. The fourth-order valence-corrected chi connectivity index (χ4v) is 3.06. The molecule has 5 nitrogen and oxygen atoms in total. The molecule has 0 saturated heterocycles. The Hall–Kier alpha value is -2.52. The first-order chi connectivity index (χ1) is 12.3. The monoisotopic (exact) mass is 398 g/mol. The van der Waals surface area contributed by atoms with Crippen LogP contribution < -0.4 is 5.32 Å². The number of pyridine rings is 1. The number of amides is 1. The number of nitrogens with one attached hydrogen (secondary N) is 1. The molecule has 0 aliphatic heterocycles. The summed E-state index contributed by atoms with van der Waals surface area (Å²) in [6.07, 6.45) is -2.60. The molecule has 0 bridgehead atoms. The lowest BCUT2D eigenvalue weighted by molar-refractivity contribution is -0.137. The second-order valence-electron chi connectivity index (χ2n) is 5.17. The van der Waals surface area contributed by atoms with E-state index >= 15 is 0 Å². The lowest BCUT2D eigenvalue weighted by Gasteiger charge is -2.06. The fourth-order valence-electron chi connectivity index (χ4n) is 2.08. The van der Waals surface area contributed by atoms with Crippen LogP contribution in [-0.2, 0) is 12.6 Å². The van der Waals surface area contributed by atoms with Crippen LogP contribution in [-0.4, -0.2) is 21.1 Å². The standard InChI is InChI=1S/C16H10ClF3N4OS/c17-13-11(2-1-7-21-13)14(25)22-15-24-23-12(26-15)8-9-3-5-10(6-4-9)16(18,19)20/h1-7H,8H2,(H,22,24,25). The van der Waals surface area contributed by atoms with E-state index in [0.717, 1.165) is 23.5 Å². The summed E-state index contributed by atoms with van der Waals surface area (Å²) in [6.45, 7) is 0. The first-order valence-electron chi connectivity index (χ1n) is 7.23. The van der Waals surface area contributed by atoms with Crippen molar-refractivity contribution in [3.63, 3.8) is 0 Å². The predicted molar refractivity (Wildman–Crippen MR) is 91.4 cm³/mol. The highest BCUT2D eigenvalue weighted by Gasteiger charge is 2.29. The Morgan fingerprint density at radius 1 is 1.15 bits per heavy atom. The highest BCUT2D eigenvalue weighted by molar-refractivity contribution is 7.15. The quantitative estimate of drug-likeness (QED) is 0.659. The first kappa shape index (κ1) is 18.3. The second kappa shape index (κ2) is 7.38. The highest BCUT2D eigenvalue weighted by Crippen LogP contribution is 2.29. The van der Waals surface area contributed by atoms with E-state index in [9.17, 15) is 18.0 Å². The van der Waals surface area contributed by atoms with Gasteiger partial charge in [0.25, 0.3) is 5.91 Å². The molecule has 1 N–H and O–H groups in total. The lowest BCUT2D eigenvalue weighted by atomic mass is 10.1. The Bertz CT molecular complexity index is 928. The molecule has 2 aromatic heterocycles. The third-order valence-electron chi connectivity index (χ3n) is 3.33. The maximum absolute atomic E-state index is 12.6. The molecule has 0 radical (unpaired) electrons. The minimum atomic E-state index is -4.37. The van der Waals surface area contributed by atoms with Crippen molar-refractivity contribution in [2.45, 2.75) is 12.6 Å². The molecule has 0 saturated carbocycles. The summed E-state index contributed by atoms with van der Waals surface area (Å²) >= 11 is 6.98. The molecule has 26 heavy (non-hydrogen) atoms. The van der Waals surface area contributed by atoms with E-state index in [1.807, 2.05) is 0 Å². The molecule has 134 valence electrons. The van der Waals surface area contributed by atoms with E-state index in [2.05, 4.69) is 20.5 Å². The number of alkyl halides is 3. The van der Waals surface area contributed by atoms with Gasteiger partial charge in [0, 0.05) is 12.6 Å². The number of rotatable bonds is 4. The number of hydrogen-bond acceptors (Lipinski definition) is 5. The smallest absolute Gasteiger partial charge is 0.296 e. The van der Waals surface area contributed by atoms with Gasteiger partial charge in [0.2, 0.25) is 5.13 Å². The van der Waals surface area contributed by atoms with Crippen LogP contribution in [0.4, 0.5) is 18.3 Å². The van der Waals surface area contributed by atoms with Crippen molar-refractivity contribution in [2.75, 3.05) is 5.32 Å². The summed E-state index contributed by atoms with van der Waals surface area (Å²) in [5, 5.41) is 11.2. The van der Waals surface area contributed by atoms with Crippen molar-refractivity contribution >= 4 is 34.0 Å². The average molecular weight is 399 g/mol. The molecule has 3 rings (SSSR count). The topological polar surface area (TPSA) is 67.8 Å². The summed E-state index contributed by atoms with van der Waals surface area (Å²) in [4.78, 5) is 15.9. The molecule has 0 unspecified atom stereocenters. The normalized spacial score (nSPS) is 11.4. The van der Waals surface area contributed by atoms with Gasteiger partial charge in [-0.25, -0.2) is 4.98 Å². The molecular weight excluding hydrogens is 389 g/mol. The van der Waals surface area contributed by atoms with Gasteiger partial charge in [0.05, 0.1) is 11.1 Å². The number of halogens is 4. The average Bonchev–Trinajstić information content (AvgIpc) is 3.01. The van der Waals surface area contributed by atoms with Crippen LogP contribution in [0.3, 0.4) is 0 Å². The molecule has 3 aromatic rings. The molecular formula is C16H10ClF3N4OS. The summed E-state index contributed by atoms with van der Waals surface area (Å²) in [6, 6.07) is 7.91. The van der Waals surface area contributed by atoms with E-state index < -0.39 is 17.6 Å². The molecule has 1 aromatic carbocycles. The van der Waals surface area contributed by atoms with E-state index in [1.54, 1.807) is 6.07 Å². The largest absolute Gasteiger partial charge is 0.416 e. The maximum Gasteiger partial charge on any atom is 0.416 e. The summed E-state index contributed by atoms with van der Waals surface area (Å²) in [5.41, 5.74) is 0.149. The van der Waals surface area contributed by atoms with E-state index in [1.165, 1.54) is 24.4 Å². The van der Waals surface area contributed by atoms with Crippen LogP contribution in [0.2, 0.25) is 5.15 Å². The number of carbonyl (C=O) groups is 1. The van der Waals surface area contributed by atoms with Crippen LogP contribution in [0, 0.1) is 0 Å². The van der Waals surface area contributed by atoms with Crippen LogP contribution in [0.15, 0.2) is 42.6 Å². The van der Waals surface area contributed by atoms with Crippen molar-refractivity contribution in [3.8, 4) is 0 Å². The second-order valence-corrected chi connectivity index (χ2v) is 6.59. The Morgan fingerprint density at radius 3 is 2.54 bits per heavy atom. The SMILES string of the molecule is O=C(Nc1nnc(Cc2ccc(C(F)(F)F)cc2)s1)c1cccnc1Cl. The summed E-state index contributed by atoms with van der Waals surface area (Å²) in [5.74, 6) is -0.472. The molecule has 0 aliphatic carbocycles. The zero-order valence-corrected chi connectivity index (χ0v) is 14.5. The lowest BCUT2D eigenvalue weighted by Crippen LogP contribution is -2.12.